The second kappa shape index (κ2) is 9.53. The van der Waals surface area contributed by atoms with Gasteiger partial charge in [-0.1, -0.05) is 48.2 Å². The third-order valence-corrected chi connectivity index (χ3v) is 5.83. The minimum Gasteiger partial charge on any atom is -0.467 e. The first kappa shape index (κ1) is 22.7. The third-order valence-electron chi connectivity index (χ3n) is 4.75. The van der Waals surface area contributed by atoms with Crippen molar-refractivity contribution in [2.45, 2.75) is 30.1 Å². The zero-order valence-electron chi connectivity index (χ0n) is 17.4. The Morgan fingerprint density at radius 1 is 1.09 bits per heavy atom. The number of nitrogens with zero attached hydrogens (tertiary/aromatic N) is 3. The summed E-state index contributed by atoms with van der Waals surface area (Å²) in [6, 6.07) is 17.6. The Morgan fingerprint density at radius 2 is 1.88 bits per heavy atom. The first-order chi connectivity index (χ1) is 15.8. The zero-order chi connectivity index (χ0) is 23.4. The van der Waals surface area contributed by atoms with Crippen LogP contribution in [0.1, 0.15) is 18.2 Å². The molecule has 0 saturated carbocycles. The summed E-state index contributed by atoms with van der Waals surface area (Å²) in [5.74, 6) is 0.850. The number of furan rings is 1. The molecule has 0 spiro atoms. The molecule has 1 atom stereocenters. The van der Waals surface area contributed by atoms with Crippen LogP contribution in [0.15, 0.2) is 82.6 Å². The minimum atomic E-state index is -4.49. The van der Waals surface area contributed by atoms with Crippen LogP contribution in [0.3, 0.4) is 0 Å². The summed E-state index contributed by atoms with van der Waals surface area (Å²) in [6.45, 7) is 2.01. The second-order valence-corrected chi connectivity index (χ2v) is 8.47. The SMILES string of the molecule is C[C@@H](Sc1nnc(-c2ccccc2)n1Cc1ccco1)C(=O)Nc1cccc(C(F)(F)F)c1. The number of benzene rings is 2. The number of thioether (sulfide) groups is 1. The maximum Gasteiger partial charge on any atom is 0.416 e. The van der Waals surface area contributed by atoms with Crippen molar-refractivity contribution in [3.63, 3.8) is 0 Å². The fraction of sp³-hybridized carbons (Fsp3) is 0.174. The normalized spacial score (nSPS) is 12.5. The fourth-order valence-electron chi connectivity index (χ4n) is 3.11. The number of anilines is 1. The maximum absolute atomic E-state index is 13.0. The molecule has 6 nitrogen and oxygen atoms in total. The van der Waals surface area contributed by atoms with E-state index in [1.165, 1.54) is 12.1 Å². The number of alkyl halides is 3. The van der Waals surface area contributed by atoms with Crippen molar-refractivity contribution in [1.82, 2.24) is 14.8 Å². The van der Waals surface area contributed by atoms with Crippen LogP contribution >= 0.6 is 11.8 Å². The lowest BCUT2D eigenvalue weighted by atomic mass is 10.2. The largest absolute Gasteiger partial charge is 0.467 e. The van der Waals surface area contributed by atoms with Crippen LogP contribution in [0.5, 0.6) is 0 Å². The molecule has 2 heterocycles. The predicted octanol–water partition coefficient (Wildman–Crippen LogP) is 5.72. The first-order valence-corrected chi connectivity index (χ1v) is 10.8. The molecule has 0 aliphatic heterocycles. The lowest BCUT2D eigenvalue weighted by molar-refractivity contribution is -0.137. The Labute approximate surface area is 191 Å². The number of nitrogens with one attached hydrogen (secondary N) is 1. The lowest BCUT2D eigenvalue weighted by Gasteiger charge is -2.14. The van der Waals surface area contributed by atoms with Gasteiger partial charge < -0.3 is 9.73 Å². The molecule has 0 bridgehead atoms. The molecule has 0 aliphatic carbocycles. The van der Waals surface area contributed by atoms with E-state index >= 15 is 0 Å². The Balaban J connectivity index is 1.54. The van der Waals surface area contributed by atoms with E-state index in [4.69, 9.17) is 4.42 Å². The summed E-state index contributed by atoms with van der Waals surface area (Å²) in [5.41, 5.74) is 0.0973. The number of amides is 1. The van der Waals surface area contributed by atoms with Crippen LogP contribution in [-0.2, 0) is 17.5 Å². The van der Waals surface area contributed by atoms with E-state index in [2.05, 4.69) is 15.5 Å². The van der Waals surface area contributed by atoms with Crippen molar-refractivity contribution in [3.05, 3.63) is 84.3 Å². The van der Waals surface area contributed by atoms with Crippen LogP contribution in [0.4, 0.5) is 18.9 Å². The smallest absolute Gasteiger partial charge is 0.416 e. The average molecular weight is 472 g/mol. The number of carbonyl (C=O) groups is 1. The van der Waals surface area contributed by atoms with Crippen molar-refractivity contribution in [2.24, 2.45) is 0 Å². The van der Waals surface area contributed by atoms with E-state index in [-0.39, 0.29) is 5.69 Å². The highest BCUT2D eigenvalue weighted by Crippen LogP contribution is 2.32. The molecular weight excluding hydrogens is 453 g/mol. The van der Waals surface area contributed by atoms with Crippen LogP contribution in [0.2, 0.25) is 0 Å². The Kier molecular flexibility index (Phi) is 6.55. The minimum absolute atomic E-state index is 0.0734. The van der Waals surface area contributed by atoms with Crippen molar-refractivity contribution in [1.29, 1.82) is 0 Å². The van der Waals surface area contributed by atoms with Gasteiger partial charge in [0.2, 0.25) is 5.91 Å². The van der Waals surface area contributed by atoms with Gasteiger partial charge in [-0.3, -0.25) is 9.36 Å². The number of hydrogen-bond acceptors (Lipinski definition) is 5. The molecule has 0 unspecified atom stereocenters. The maximum atomic E-state index is 13.0. The molecule has 1 amide bonds. The summed E-state index contributed by atoms with van der Waals surface area (Å²) in [6.07, 6.45) is -2.92. The molecule has 2 aromatic carbocycles. The average Bonchev–Trinajstić information content (AvgIpc) is 3.45. The topological polar surface area (TPSA) is 73.0 Å². The van der Waals surface area contributed by atoms with Gasteiger partial charge in [0.05, 0.1) is 23.6 Å². The summed E-state index contributed by atoms with van der Waals surface area (Å²) in [5, 5.41) is 10.9. The van der Waals surface area contributed by atoms with Crippen molar-refractivity contribution in [3.8, 4) is 11.4 Å². The zero-order valence-corrected chi connectivity index (χ0v) is 18.2. The molecule has 170 valence electrons. The molecular formula is C23H19F3N4O2S. The van der Waals surface area contributed by atoms with Crippen LogP contribution in [-0.4, -0.2) is 25.9 Å². The Bertz CT molecular complexity index is 1220. The monoisotopic (exact) mass is 472 g/mol. The molecule has 0 aliphatic rings. The van der Waals surface area contributed by atoms with Gasteiger partial charge in [0.15, 0.2) is 11.0 Å². The van der Waals surface area contributed by atoms with Gasteiger partial charge in [-0.25, -0.2) is 0 Å². The predicted molar refractivity (Wildman–Crippen MR) is 119 cm³/mol. The first-order valence-electron chi connectivity index (χ1n) is 9.97. The summed E-state index contributed by atoms with van der Waals surface area (Å²) >= 11 is 1.16. The Morgan fingerprint density at radius 3 is 2.58 bits per heavy atom. The van der Waals surface area contributed by atoms with Gasteiger partial charge in [0.1, 0.15) is 5.76 Å². The number of aromatic nitrogens is 3. The van der Waals surface area contributed by atoms with Gasteiger partial charge in [-0.05, 0) is 37.3 Å². The van der Waals surface area contributed by atoms with E-state index in [1.807, 2.05) is 41.0 Å². The number of hydrogen-bond donors (Lipinski definition) is 1. The summed E-state index contributed by atoms with van der Waals surface area (Å²) in [7, 11) is 0. The molecule has 0 fully saturated rings. The van der Waals surface area contributed by atoms with Crippen molar-refractivity contribution < 1.29 is 22.4 Å². The van der Waals surface area contributed by atoms with Gasteiger partial charge in [-0.15, -0.1) is 10.2 Å². The summed E-state index contributed by atoms with van der Waals surface area (Å²) < 4.78 is 46.2. The van der Waals surface area contributed by atoms with Gasteiger partial charge in [0.25, 0.3) is 0 Å². The molecule has 1 N–H and O–H groups in total. The van der Waals surface area contributed by atoms with Crippen molar-refractivity contribution in [2.75, 3.05) is 5.32 Å². The molecule has 4 aromatic rings. The van der Waals surface area contributed by atoms with Crippen LogP contribution in [0, 0.1) is 0 Å². The molecule has 4 rings (SSSR count). The number of rotatable bonds is 7. The molecule has 0 radical (unpaired) electrons. The number of carbonyl (C=O) groups excluding carboxylic acids is 1. The van der Waals surface area contributed by atoms with Crippen molar-refractivity contribution >= 4 is 23.4 Å². The Hall–Kier alpha value is -3.53. The van der Waals surface area contributed by atoms with Gasteiger partial charge in [0, 0.05) is 11.3 Å². The van der Waals surface area contributed by atoms with E-state index in [0.29, 0.717) is 23.3 Å². The van der Waals surface area contributed by atoms with E-state index in [1.54, 1.807) is 19.3 Å². The quantitative estimate of drug-likeness (QED) is 0.348. The van der Waals surface area contributed by atoms with Crippen LogP contribution in [0.25, 0.3) is 11.4 Å². The third kappa shape index (κ3) is 5.46. The second-order valence-electron chi connectivity index (χ2n) is 7.17. The van der Waals surface area contributed by atoms with Crippen LogP contribution < -0.4 is 5.32 Å². The highest BCUT2D eigenvalue weighted by Gasteiger charge is 2.30. The lowest BCUT2D eigenvalue weighted by Crippen LogP contribution is -2.23. The molecule has 33 heavy (non-hydrogen) atoms. The molecule has 0 saturated heterocycles. The van der Waals surface area contributed by atoms with Gasteiger partial charge in [-0.2, -0.15) is 13.2 Å². The van der Waals surface area contributed by atoms with E-state index < -0.39 is 22.9 Å². The molecule has 10 heteroatoms. The fourth-order valence-corrected chi connectivity index (χ4v) is 3.95. The highest BCUT2D eigenvalue weighted by molar-refractivity contribution is 8.00. The van der Waals surface area contributed by atoms with E-state index in [0.717, 1.165) is 29.5 Å². The highest BCUT2D eigenvalue weighted by atomic mass is 32.2. The summed E-state index contributed by atoms with van der Waals surface area (Å²) in [4.78, 5) is 12.7. The number of halogens is 3. The molecule has 2 aromatic heterocycles. The van der Waals surface area contributed by atoms with Gasteiger partial charge >= 0.3 is 6.18 Å². The van der Waals surface area contributed by atoms with E-state index in [9.17, 15) is 18.0 Å². The standard InChI is InChI=1S/C23H19F3N4O2S/c1-15(21(31)27-18-10-5-9-17(13-18)23(24,25)26)33-22-29-28-20(16-7-3-2-4-8-16)30(22)14-19-11-6-12-32-19/h2-13,15H,14H2,1H3,(H,27,31)/t15-/m1/s1.